The summed E-state index contributed by atoms with van der Waals surface area (Å²) < 4.78 is 5.74. The highest BCUT2D eigenvalue weighted by Crippen LogP contribution is 2.35. The molecule has 1 atom stereocenters. The Morgan fingerprint density at radius 3 is 2.52 bits per heavy atom. The molecule has 2 aliphatic rings. The Hall–Kier alpha value is -3.15. The van der Waals surface area contributed by atoms with E-state index < -0.39 is 0 Å². The van der Waals surface area contributed by atoms with Crippen molar-refractivity contribution in [2.24, 2.45) is 5.92 Å². The Labute approximate surface area is 183 Å². The van der Waals surface area contributed by atoms with Crippen molar-refractivity contribution in [2.45, 2.75) is 46.3 Å². The number of likely N-dealkylation sites (tertiary alicyclic amines) is 1. The number of hydrogen-bond donors (Lipinski definition) is 0. The molecule has 3 heterocycles. The van der Waals surface area contributed by atoms with Crippen LogP contribution in [0.5, 0.6) is 5.75 Å². The molecule has 2 aliphatic heterocycles. The number of aromatic nitrogens is 1. The second kappa shape index (κ2) is 8.92. The van der Waals surface area contributed by atoms with Crippen LogP contribution in [0.3, 0.4) is 0 Å². The van der Waals surface area contributed by atoms with Crippen molar-refractivity contribution >= 4 is 17.4 Å². The first-order valence-corrected chi connectivity index (χ1v) is 11.0. The third-order valence-corrected chi connectivity index (χ3v) is 5.68. The third kappa shape index (κ3) is 4.48. The lowest BCUT2D eigenvalue weighted by molar-refractivity contribution is -0.138. The van der Waals surface area contributed by atoms with Gasteiger partial charge in [-0.25, -0.2) is 0 Å². The van der Waals surface area contributed by atoms with Crippen LogP contribution >= 0.6 is 0 Å². The summed E-state index contributed by atoms with van der Waals surface area (Å²) in [6.45, 7) is 7.88. The first-order chi connectivity index (χ1) is 14.9. The zero-order valence-corrected chi connectivity index (χ0v) is 18.4. The van der Waals surface area contributed by atoms with Gasteiger partial charge in [-0.1, -0.05) is 25.1 Å². The van der Waals surface area contributed by atoms with Gasteiger partial charge in [0.05, 0.1) is 23.9 Å². The fourth-order valence-electron chi connectivity index (χ4n) is 4.28. The van der Waals surface area contributed by atoms with Crippen LogP contribution in [0.4, 0.5) is 0 Å². The molecule has 2 amide bonds. The smallest absolute Gasteiger partial charge is 0.278 e. The monoisotopic (exact) mass is 419 g/mol. The van der Waals surface area contributed by atoms with E-state index in [1.165, 1.54) is 4.90 Å². The van der Waals surface area contributed by atoms with Crippen molar-refractivity contribution in [3.8, 4) is 5.75 Å². The van der Waals surface area contributed by atoms with E-state index in [0.29, 0.717) is 22.9 Å². The number of amides is 2. The second-order valence-corrected chi connectivity index (χ2v) is 8.63. The van der Waals surface area contributed by atoms with Crippen LogP contribution in [-0.2, 0) is 16.1 Å². The molecular formula is C25H29N3O3. The van der Waals surface area contributed by atoms with Crippen molar-refractivity contribution < 1.29 is 14.3 Å². The second-order valence-electron chi connectivity index (χ2n) is 8.63. The zero-order chi connectivity index (χ0) is 22.0. The van der Waals surface area contributed by atoms with Crippen LogP contribution in [0, 0.1) is 5.92 Å². The molecule has 6 heteroatoms. The van der Waals surface area contributed by atoms with Crippen LogP contribution in [-0.4, -0.2) is 45.8 Å². The lowest BCUT2D eigenvalue weighted by atomic mass is 9.97. The molecular weight excluding hydrogens is 390 g/mol. The summed E-state index contributed by atoms with van der Waals surface area (Å²) in [6.07, 6.45) is 3.90. The summed E-state index contributed by atoms with van der Waals surface area (Å²) in [5.41, 5.74) is 2.43. The molecule has 0 radical (unpaired) electrons. The molecule has 1 aromatic heterocycles. The van der Waals surface area contributed by atoms with Crippen LogP contribution in [0.2, 0.25) is 0 Å². The summed E-state index contributed by atoms with van der Waals surface area (Å²) in [4.78, 5) is 34.7. The van der Waals surface area contributed by atoms with E-state index in [1.54, 1.807) is 6.20 Å². The molecule has 1 unspecified atom stereocenters. The Balaban J connectivity index is 1.70. The summed E-state index contributed by atoms with van der Waals surface area (Å²) in [7, 11) is 0. The average Bonchev–Trinajstić information content (AvgIpc) is 2.99. The number of carbonyl (C=O) groups is 2. The fraction of sp³-hybridized carbons (Fsp3) is 0.400. The number of rotatable bonds is 6. The number of nitrogens with zero attached hydrogens (tertiary/aromatic N) is 3. The van der Waals surface area contributed by atoms with Gasteiger partial charge in [-0.3, -0.25) is 19.5 Å². The van der Waals surface area contributed by atoms with Gasteiger partial charge in [0.1, 0.15) is 11.4 Å². The van der Waals surface area contributed by atoms with Crippen molar-refractivity contribution in [1.82, 2.24) is 14.8 Å². The number of piperidine rings is 1. The third-order valence-electron chi connectivity index (χ3n) is 5.68. The van der Waals surface area contributed by atoms with Gasteiger partial charge in [-0.2, -0.15) is 0 Å². The maximum atomic E-state index is 13.5. The summed E-state index contributed by atoms with van der Waals surface area (Å²) in [5, 5.41) is 0. The molecule has 0 N–H and O–H groups in total. The van der Waals surface area contributed by atoms with E-state index in [9.17, 15) is 9.59 Å². The van der Waals surface area contributed by atoms with Crippen molar-refractivity contribution in [3.63, 3.8) is 0 Å². The topological polar surface area (TPSA) is 62.7 Å². The first-order valence-electron chi connectivity index (χ1n) is 11.0. The predicted molar refractivity (Wildman–Crippen MR) is 119 cm³/mol. The first kappa shape index (κ1) is 21.1. The largest absolute Gasteiger partial charge is 0.491 e. The van der Waals surface area contributed by atoms with Crippen molar-refractivity contribution in [3.05, 3.63) is 65.6 Å². The van der Waals surface area contributed by atoms with Gasteiger partial charge in [0.15, 0.2) is 0 Å². The van der Waals surface area contributed by atoms with Gasteiger partial charge in [0.2, 0.25) is 0 Å². The molecule has 1 saturated heterocycles. The highest BCUT2D eigenvalue weighted by atomic mass is 16.5. The minimum atomic E-state index is -0.263. The molecule has 0 aliphatic carbocycles. The molecule has 31 heavy (non-hydrogen) atoms. The zero-order valence-electron chi connectivity index (χ0n) is 18.4. The predicted octanol–water partition coefficient (Wildman–Crippen LogP) is 3.88. The minimum Gasteiger partial charge on any atom is -0.491 e. The van der Waals surface area contributed by atoms with Crippen LogP contribution in [0.15, 0.2) is 54.4 Å². The lowest BCUT2D eigenvalue weighted by Gasteiger charge is -2.33. The molecule has 0 spiro atoms. The van der Waals surface area contributed by atoms with Gasteiger partial charge >= 0.3 is 0 Å². The molecule has 1 fully saturated rings. The lowest BCUT2D eigenvalue weighted by Crippen LogP contribution is -2.39. The van der Waals surface area contributed by atoms with Crippen molar-refractivity contribution in [2.75, 3.05) is 13.1 Å². The quantitative estimate of drug-likeness (QED) is 0.665. The Morgan fingerprint density at radius 1 is 1.10 bits per heavy atom. The Morgan fingerprint density at radius 2 is 1.87 bits per heavy atom. The van der Waals surface area contributed by atoms with E-state index in [1.807, 2.05) is 56.3 Å². The fourth-order valence-corrected chi connectivity index (χ4v) is 4.28. The molecule has 2 aromatic rings. The maximum Gasteiger partial charge on any atom is 0.278 e. The standard InChI is InChI=1S/C25H29N3O3/c1-17(2)31-21-11-9-19(10-12-21)22-23(27-14-6-7-18(3)15-27)25(30)28(24(22)29)16-20-8-4-5-13-26-20/h4-5,8-13,17-18H,6-7,14-16H2,1-3H3. The highest BCUT2D eigenvalue weighted by Gasteiger charge is 2.42. The highest BCUT2D eigenvalue weighted by molar-refractivity contribution is 6.35. The SMILES string of the molecule is CC1CCCN(C2=C(c3ccc(OC(C)C)cc3)C(=O)N(Cc3ccccn3)C2=O)C1. The van der Waals surface area contributed by atoms with E-state index in [4.69, 9.17) is 4.74 Å². The van der Waals surface area contributed by atoms with Gasteiger partial charge in [0, 0.05) is 19.3 Å². The number of pyridine rings is 1. The molecule has 6 nitrogen and oxygen atoms in total. The van der Waals surface area contributed by atoms with Gasteiger partial charge in [-0.15, -0.1) is 0 Å². The molecule has 1 aromatic carbocycles. The van der Waals surface area contributed by atoms with Crippen LogP contribution in [0.1, 0.15) is 44.9 Å². The van der Waals surface area contributed by atoms with Crippen LogP contribution in [0.25, 0.3) is 5.57 Å². The molecule has 0 bridgehead atoms. The van der Waals surface area contributed by atoms with Gasteiger partial charge in [0.25, 0.3) is 11.8 Å². The molecule has 0 saturated carbocycles. The minimum absolute atomic E-state index is 0.0685. The Kier molecular flexibility index (Phi) is 6.07. The summed E-state index contributed by atoms with van der Waals surface area (Å²) in [5.74, 6) is 0.732. The number of hydrogen-bond acceptors (Lipinski definition) is 5. The number of imide groups is 1. The summed E-state index contributed by atoms with van der Waals surface area (Å²) >= 11 is 0. The summed E-state index contributed by atoms with van der Waals surface area (Å²) in [6, 6.07) is 13.0. The Bertz CT molecular complexity index is 983. The van der Waals surface area contributed by atoms with Crippen molar-refractivity contribution in [1.29, 1.82) is 0 Å². The average molecular weight is 420 g/mol. The van der Waals surface area contributed by atoms with Gasteiger partial charge in [-0.05, 0) is 62.4 Å². The number of carbonyl (C=O) groups excluding carboxylic acids is 2. The maximum absolute atomic E-state index is 13.5. The van der Waals surface area contributed by atoms with Crippen LogP contribution < -0.4 is 4.74 Å². The van der Waals surface area contributed by atoms with Gasteiger partial charge < -0.3 is 9.64 Å². The molecule has 4 rings (SSSR count). The molecule has 162 valence electrons. The number of ether oxygens (including phenoxy) is 1. The van der Waals surface area contributed by atoms with E-state index in [-0.39, 0.29) is 24.5 Å². The van der Waals surface area contributed by atoms with E-state index in [0.717, 1.165) is 37.2 Å². The number of benzene rings is 1. The van der Waals surface area contributed by atoms with E-state index >= 15 is 0 Å². The normalized spacial score (nSPS) is 19.5. The van der Waals surface area contributed by atoms with E-state index in [2.05, 4.69) is 16.8 Å².